The van der Waals surface area contributed by atoms with Crippen LogP contribution in [0.2, 0.25) is 0 Å². The molecule has 1 atom stereocenters. The quantitative estimate of drug-likeness (QED) is 0.652. The van der Waals surface area contributed by atoms with Crippen molar-refractivity contribution in [1.29, 1.82) is 0 Å². The SMILES string of the molecule is O[C@H](COc1ccc(CNCc2ccccc2)cc1)c1ccccc1. The van der Waals surface area contributed by atoms with Crippen LogP contribution in [0, 0.1) is 0 Å². The van der Waals surface area contributed by atoms with Crippen molar-refractivity contribution in [3.63, 3.8) is 0 Å². The molecule has 3 heteroatoms. The van der Waals surface area contributed by atoms with Gasteiger partial charge >= 0.3 is 0 Å². The van der Waals surface area contributed by atoms with Crippen molar-refractivity contribution in [2.24, 2.45) is 0 Å². The number of ether oxygens (including phenoxy) is 1. The minimum atomic E-state index is -0.617. The van der Waals surface area contributed by atoms with Crippen LogP contribution in [0.5, 0.6) is 5.75 Å². The Morgan fingerprint density at radius 2 is 1.28 bits per heavy atom. The first-order chi connectivity index (χ1) is 12.3. The summed E-state index contributed by atoms with van der Waals surface area (Å²) >= 11 is 0. The largest absolute Gasteiger partial charge is 0.491 e. The zero-order valence-corrected chi connectivity index (χ0v) is 14.1. The lowest BCUT2D eigenvalue weighted by atomic mass is 10.1. The van der Waals surface area contributed by atoms with Crippen LogP contribution in [0.1, 0.15) is 22.8 Å². The van der Waals surface area contributed by atoms with Crippen LogP contribution < -0.4 is 10.1 Å². The number of benzene rings is 3. The van der Waals surface area contributed by atoms with E-state index < -0.39 is 6.10 Å². The first-order valence-electron chi connectivity index (χ1n) is 8.50. The van der Waals surface area contributed by atoms with E-state index in [-0.39, 0.29) is 6.61 Å². The Hall–Kier alpha value is -2.62. The van der Waals surface area contributed by atoms with Gasteiger partial charge in [0.15, 0.2) is 0 Å². The summed E-state index contributed by atoms with van der Waals surface area (Å²) in [5.74, 6) is 0.766. The predicted molar refractivity (Wildman–Crippen MR) is 100 cm³/mol. The average Bonchev–Trinajstić information content (AvgIpc) is 2.68. The van der Waals surface area contributed by atoms with E-state index in [1.54, 1.807) is 0 Å². The molecule has 3 aromatic rings. The molecule has 3 nitrogen and oxygen atoms in total. The summed E-state index contributed by atoms with van der Waals surface area (Å²) in [7, 11) is 0. The van der Waals surface area contributed by atoms with Gasteiger partial charge in [-0.2, -0.15) is 0 Å². The number of aliphatic hydroxyl groups is 1. The molecular weight excluding hydrogens is 310 g/mol. The van der Waals surface area contributed by atoms with Gasteiger partial charge in [0.25, 0.3) is 0 Å². The molecule has 0 saturated carbocycles. The van der Waals surface area contributed by atoms with Gasteiger partial charge in [-0.05, 0) is 28.8 Å². The van der Waals surface area contributed by atoms with Crippen LogP contribution in [0.25, 0.3) is 0 Å². The summed E-state index contributed by atoms with van der Waals surface area (Å²) in [6.07, 6.45) is -0.617. The third-order valence-electron chi connectivity index (χ3n) is 4.02. The Morgan fingerprint density at radius 3 is 1.92 bits per heavy atom. The lowest BCUT2D eigenvalue weighted by Crippen LogP contribution is -2.12. The van der Waals surface area contributed by atoms with E-state index in [2.05, 4.69) is 17.4 Å². The zero-order chi connectivity index (χ0) is 17.3. The molecule has 0 amide bonds. The third kappa shape index (κ3) is 5.45. The highest BCUT2D eigenvalue weighted by molar-refractivity contribution is 5.27. The molecule has 0 fully saturated rings. The van der Waals surface area contributed by atoms with Crippen LogP contribution in [0.3, 0.4) is 0 Å². The van der Waals surface area contributed by atoms with E-state index in [0.29, 0.717) is 0 Å². The molecule has 0 aliphatic heterocycles. The Kier molecular flexibility index (Phi) is 6.21. The van der Waals surface area contributed by atoms with Crippen molar-refractivity contribution >= 4 is 0 Å². The summed E-state index contributed by atoms with van der Waals surface area (Å²) in [5, 5.41) is 13.6. The minimum absolute atomic E-state index is 0.246. The van der Waals surface area contributed by atoms with Crippen molar-refractivity contribution in [2.75, 3.05) is 6.61 Å². The molecule has 3 rings (SSSR count). The number of nitrogens with one attached hydrogen (secondary N) is 1. The molecule has 25 heavy (non-hydrogen) atoms. The molecule has 0 unspecified atom stereocenters. The summed E-state index contributed by atoms with van der Waals surface area (Å²) < 4.78 is 5.68. The van der Waals surface area contributed by atoms with E-state index in [0.717, 1.165) is 24.4 Å². The van der Waals surface area contributed by atoms with Gasteiger partial charge in [-0.3, -0.25) is 0 Å². The molecule has 0 saturated heterocycles. The Bertz CT molecular complexity index is 742. The first-order valence-corrected chi connectivity index (χ1v) is 8.50. The number of hydrogen-bond donors (Lipinski definition) is 2. The lowest BCUT2D eigenvalue weighted by molar-refractivity contribution is 0.108. The van der Waals surface area contributed by atoms with Crippen molar-refractivity contribution in [3.05, 3.63) is 102 Å². The lowest BCUT2D eigenvalue weighted by Gasteiger charge is -2.13. The van der Waals surface area contributed by atoms with Gasteiger partial charge in [0.1, 0.15) is 18.5 Å². The standard InChI is InChI=1S/C22H23NO2/c24-22(20-9-5-2-6-10-20)17-25-21-13-11-19(12-14-21)16-23-15-18-7-3-1-4-8-18/h1-14,22-24H,15-17H2/t22-/m1/s1. The topological polar surface area (TPSA) is 41.5 Å². The highest BCUT2D eigenvalue weighted by Gasteiger charge is 2.07. The van der Waals surface area contributed by atoms with Crippen molar-refractivity contribution in [1.82, 2.24) is 5.32 Å². The van der Waals surface area contributed by atoms with Crippen molar-refractivity contribution in [2.45, 2.75) is 19.2 Å². The van der Waals surface area contributed by atoms with Gasteiger partial charge < -0.3 is 15.2 Å². The molecule has 0 aliphatic rings. The predicted octanol–water partition coefficient (Wildman–Crippen LogP) is 4.09. The maximum absolute atomic E-state index is 10.1. The molecule has 0 aromatic heterocycles. The molecule has 0 aliphatic carbocycles. The summed E-state index contributed by atoms with van der Waals surface area (Å²) in [4.78, 5) is 0. The summed E-state index contributed by atoms with van der Waals surface area (Å²) in [6.45, 7) is 1.90. The van der Waals surface area contributed by atoms with Gasteiger partial charge in [-0.25, -0.2) is 0 Å². The molecule has 0 spiro atoms. The second kappa shape index (κ2) is 9.02. The number of rotatable bonds is 8. The van der Waals surface area contributed by atoms with E-state index in [4.69, 9.17) is 4.74 Å². The fourth-order valence-electron chi connectivity index (χ4n) is 2.60. The molecule has 0 heterocycles. The van der Waals surface area contributed by atoms with E-state index >= 15 is 0 Å². The normalized spacial score (nSPS) is 11.9. The van der Waals surface area contributed by atoms with Crippen LogP contribution in [-0.2, 0) is 13.1 Å². The van der Waals surface area contributed by atoms with Gasteiger partial charge in [0.2, 0.25) is 0 Å². The van der Waals surface area contributed by atoms with Crippen molar-refractivity contribution < 1.29 is 9.84 Å². The monoisotopic (exact) mass is 333 g/mol. The molecule has 2 N–H and O–H groups in total. The third-order valence-corrected chi connectivity index (χ3v) is 4.02. The van der Waals surface area contributed by atoms with Gasteiger partial charge in [-0.15, -0.1) is 0 Å². The second-order valence-electron chi connectivity index (χ2n) is 5.97. The van der Waals surface area contributed by atoms with Crippen molar-refractivity contribution in [3.8, 4) is 5.75 Å². The average molecular weight is 333 g/mol. The highest BCUT2D eigenvalue weighted by Crippen LogP contribution is 2.17. The zero-order valence-electron chi connectivity index (χ0n) is 14.1. The first kappa shape index (κ1) is 17.2. The van der Waals surface area contributed by atoms with Gasteiger partial charge in [0.05, 0.1) is 0 Å². The van der Waals surface area contributed by atoms with Crippen LogP contribution in [-0.4, -0.2) is 11.7 Å². The van der Waals surface area contributed by atoms with Gasteiger partial charge in [-0.1, -0.05) is 72.8 Å². The second-order valence-corrected chi connectivity index (χ2v) is 5.97. The number of aliphatic hydroxyl groups excluding tert-OH is 1. The Balaban J connectivity index is 1.44. The van der Waals surface area contributed by atoms with E-state index in [1.165, 1.54) is 11.1 Å². The van der Waals surface area contributed by atoms with Crippen LogP contribution >= 0.6 is 0 Å². The molecule has 128 valence electrons. The smallest absolute Gasteiger partial charge is 0.119 e. The molecular formula is C22H23NO2. The Morgan fingerprint density at radius 1 is 0.720 bits per heavy atom. The fraction of sp³-hybridized carbons (Fsp3) is 0.182. The fourth-order valence-corrected chi connectivity index (χ4v) is 2.60. The van der Waals surface area contributed by atoms with Crippen LogP contribution in [0.15, 0.2) is 84.9 Å². The Labute approximate surface area is 148 Å². The minimum Gasteiger partial charge on any atom is -0.491 e. The maximum atomic E-state index is 10.1. The van der Waals surface area contributed by atoms with E-state index in [9.17, 15) is 5.11 Å². The van der Waals surface area contributed by atoms with Crippen LogP contribution in [0.4, 0.5) is 0 Å². The highest BCUT2D eigenvalue weighted by atomic mass is 16.5. The summed E-state index contributed by atoms with van der Waals surface area (Å²) in [5.41, 5.74) is 3.34. The van der Waals surface area contributed by atoms with Gasteiger partial charge in [0, 0.05) is 13.1 Å². The number of hydrogen-bond acceptors (Lipinski definition) is 3. The van der Waals surface area contributed by atoms with E-state index in [1.807, 2.05) is 72.8 Å². The molecule has 0 bridgehead atoms. The molecule has 3 aromatic carbocycles. The molecule has 0 radical (unpaired) electrons. The maximum Gasteiger partial charge on any atom is 0.119 e. The summed E-state index contributed by atoms with van der Waals surface area (Å²) in [6, 6.07) is 27.9.